The van der Waals surface area contributed by atoms with E-state index in [1.54, 1.807) is 18.2 Å². The second kappa shape index (κ2) is 6.28. The highest BCUT2D eigenvalue weighted by Crippen LogP contribution is 2.41. The Hall–Kier alpha value is -2.20. The third kappa shape index (κ3) is 3.52. The average molecular weight is 318 g/mol. The Morgan fingerprint density at radius 2 is 2.09 bits per heavy atom. The second-order valence-electron chi connectivity index (χ2n) is 5.33. The predicted molar refractivity (Wildman–Crippen MR) is 84.3 cm³/mol. The molecule has 114 valence electrons. The maximum Gasteiger partial charge on any atom is 0.258 e. The van der Waals surface area contributed by atoms with Crippen molar-refractivity contribution in [1.29, 1.82) is 0 Å². The number of para-hydroxylation sites is 2. The SMILES string of the molecule is O=C(COc1ccccc1O)N[C@H]1C[C@H]1c1cccc(Cl)c1. The quantitative estimate of drug-likeness (QED) is 0.891. The molecule has 1 saturated carbocycles. The number of carbonyl (C=O) groups excluding carboxylic acids is 1. The first-order chi connectivity index (χ1) is 10.6. The highest BCUT2D eigenvalue weighted by atomic mass is 35.5. The lowest BCUT2D eigenvalue weighted by Gasteiger charge is -2.08. The van der Waals surface area contributed by atoms with E-state index in [1.807, 2.05) is 24.3 Å². The van der Waals surface area contributed by atoms with E-state index in [0.29, 0.717) is 16.7 Å². The number of phenolic OH excluding ortho intramolecular Hbond substituents is 1. The van der Waals surface area contributed by atoms with Crippen LogP contribution in [0.2, 0.25) is 5.02 Å². The summed E-state index contributed by atoms with van der Waals surface area (Å²) in [6.07, 6.45) is 0.905. The lowest BCUT2D eigenvalue weighted by Crippen LogP contribution is -2.31. The highest BCUT2D eigenvalue weighted by Gasteiger charge is 2.39. The van der Waals surface area contributed by atoms with Crippen LogP contribution in [0.25, 0.3) is 0 Å². The summed E-state index contributed by atoms with van der Waals surface area (Å²) < 4.78 is 5.30. The summed E-state index contributed by atoms with van der Waals surface area (Å²) in [5.74, 6) is 0.448. The smallest absolute Gasteiger partial charge is 0.258 e. The zero-order chi connectivity index (χ0) is 15.5. The van der Waals surface area contributed by atoms with Gasteiger partial charge in [-0.2, -0.15) is 0 Å². The molecule has 0 spiro atoms. The highest BCUT2D eigenvalue weighted by molar-refractivity contribution is 6.30. The maximum absolute atomic E-state index is 11.9. The fraction of sp³-hybridized carbons (Fsp3) is 0.235. The molecule has 1 aliphatic carbocycles. The number of ether oxygens (including phenoxy) is 1. The summed E-state index contributed by atoms with van der Waals surface area (Å²) in [5.41, 5.74) is 1.14. The Morgan fingerprint density at radius 1 is 1.27 bits per heavy atom. The number of hydrogen-bond acceptors (Lipinski definition) is 3. The maximum atomic E-state index is 11.9. The lowest BCUT2D eigenvalue weighted by atomic mass is 10.1. The number of aromatic hydroxyl groups is 1. The zero-order valence-corrected chi connectivity index (χ0v) is 12.6. The van der Waals surface area contributed by atoms with Gasteiger partial charge in [0.15, 0.2) is 18.1 Å². The van der Waals surface area contributed by atoms with Crippen molar-refractivity contribution < 1.29 is 14.6 Å². The van der Waals surface area contributed by atoms with Crippen LogP contribution in [-0.2, 0) is 4.79 Å². The normalized spacial score (nSPS) is 19.5. The van der Waals surface area contributed by atoms with Gasteiger partial charge in [-0.3, -0.25) is 4.79 Å². The number of nitrogens with one attached hydrogen (secondary N) is 1. The monoisotopic (exact) mass is 317 g/mol. The molecule has 0 heterocycles. The molecule has 0 aromatic heterocycles. The largest absolute Gasteiger partial charge is 0.504 e. The standard InChI is InChI=1S/C17H16ClNO3/c18-12-5-3-4-11(8-12)13-9-14(13)19-17(21)10-22-16-7-2-1-6-15(16)20/h1-8,13-14,20H,9-10H2,(H,19,21)/t13-,14-/m0/s1. The van der Waals surface area contributed by atoms with Gasteiger partial charge in [0, 0.05) is 17.0 Å². The zero-order valence-electron chi connectivity index (χ0n) is 11.8. The van der Waals surface area contributed by atoms with E-state index in [2.05, 4.69) is 5.32 Å². The number of carbonyl (C=O) groups is 1. The third-order valence-corrected chi connectivity index (χ3v) is 3.87. The van der Waals surface area contributed by atoms with Gasteiger partial charge < -0.3 is 15.2 Å². The molecule has 0 bridgehead atoms. The van der Waals surface area contributed by atoms with Crippen molar-refractivity contribution in [3.8, 4) is 11.5 Å². The van der Waals surface area contributed by atoms with Crippen LogP contribution in [0.3, 0.4) is 0 Å². The van der Waals surface area contributed by atoms with E-state index in [-0.39, 0.29) is 24.3 Å². The molecule has 2 aromatic carbocycles. The molecule has 22 heavy (non-hydrogen) atoms. The molecule has 1 fully saturated rings. The van der Waals surface area contributed by atoms with Gasteiger partial charge >= 0.3 is 0 Å². The predicted octanol–water partition coefficient (Wildman–Crippen LogP) is 3.10. The summed E-state index contributed by atoms with van der Waals surface area (Å²) in [6, 6.07) is 14.4. The Balaban J connectivity index is 1.49. The Kier molecular flexibility index (Phi) is 4.20. The molecule has 0 radical (unpaired) electrons. The topological polar surface area (TPSA) is 58.6 Å². The van der Waals surface area contributed by atoms with Crippen LogP contribution in [0.5, 0.6) is 11.5 Å². The van der Waals surface area contributed by atoms with Crippen molar-refractivity contribution in [2.45, 2.75) is 18.4 Å². The molecular formula is C17H16ClNO3. The van der Waals surface area contributed by atoms with Crippen LogP contribution in [0.4, 0.5) is 0 Å². The van der Waals surface area contributed by atoms with Gasteiger partial charge in [-0.15, -0.1) is 0 Å². The molecule has 0 unspecified atom stereocenters. The van der Waals surface area contributed by atoms with E-state index in [0.717, 1.165) is 12.0 Å². The molecule has 0 aliphatic heterocycles. The molecule has 2 atom stereocenters. The van der Waals surface area contributed by atoms with Crippen molar-refractivity contribution in [3.05, 3.63) is 59.1 Å². The molecule has 1 amide bonds. The fourth-order valence-corrected chi connectivity index (χ4v) is 2.63. The first kappa shape index (κ1) is 14.7. The van der Waals surface area contributed by atoms with Crippen molar-refractivity contribution in [2.24, 2.45) is 0 Å². The van der Waals surface area contributed by atoms with Crippen LogP contribution in [0.15, 0.2) is 48.5 Å². The van der Waals surface area contributed by atoms with Crippen molar-refractivity contribution >= 4 is 17.5 Å². The van der Waals surface area contributed by atoms with Crippen LogP contribution in [0.1, 0.15) is 17.9 Å². The van der Waals surface area contributed by atoms with E-state index >= 15 is 0 Å². The van der Waals surface area contributed by atoms with Gasteiger partial charge in [0.25, 0.3) is 5.91 Å². The van der Waals surface area contributed by atoms with Gasteiger partial charge in [0.2, 0.25) is 0 Å². The van der Waals surface area contributed by atoms with Crippen LogP contribution in [0, 0.1) is 0 Å². The van der Waals surface area contributed by atoms with E-state index in [9.17, 15) is 9.90 Å². The number of phenols is 1. The number of hydrogen-bond donors (Lipinski definition) is 2. The van der Waals surface area contributed by atoms with Crippen LogP contribution in [-0.4, -0.2) is 23.7 Å². The van der Waals surface area contributed by atoms with Gasteiger partial charge in [-0.25, -0.2) is 0 Å². The van der Waals surface area contributed by atoms with Gasteiger partial charge in [-0.1, -0.05) is 35.9 Å². The molecule has 2 aromatic rings. The van der Waals surface area contributed by atoms with E-state index in [4.69, 9.17) is 16.3 Å². The lowest BCUT2D eigenvalue weighted by molar-refractivity contribution is -0.123. The molecule has 4 nitrogen and oxygen atoms in total. The number of halogens is 1. The van der Waals surface area contributed by atoms with Crippen molar-refractivity contribution in [3.63, 3.8) is 0 Å². The van der Waals surface area contributed by atoms with E-state index < -0.39 is 0 Å². The molecular weight excluding hydrogens is 302 g/mol. The Morgan fingerprint density at radius 3 is 2.86 bits per heavy atom. The second-order valence-corrected chi connectivity index (χ2v) is 5.76. The summed E-state index contributed by atoms with van der Waals surface area (Å²) in [4.78, 5) is 11.9. The molecule has 1 aliphatic rings. The molecule has 0 saturated heterocycles. The Labute approximate surface area is 133 Å². The number of rotatable bonds is 5. The van der Waals surface area contributed by atoms with Gasteiger partial charge in [-0.05, 0) is 36.2 Å². The van der Waals surface area contributed by atoms with Gasteiger partial charge in [0.05, 0.1) is 0 Å². The molecule has 2 N–H and O–H groups in total. The molecule has 5 heteroatoms. The fourth-order valence-electron chi connectivity index (χ4n) is 2.43. The third-order valence-electron chi connectivity index (χ3n) is 3.64. The Bertz CT molecular complexity index is 689. The minimum Gasteiger partial charge on any atom is -0.504 e. The summed E-state index contributed by atoms with van der Waals surface area (Å²) >= 11 is 5.97. The summed E-state index contributed by atoms with van der Waals surface area (Å²) in [7, 11) is 0. The minimum atomic E-state index is -0.196. The van der Waals surface area contributed by atoms with Gasteiger partial charge in [0.1, 0.15) is 0 Å². The van der Waals surface area contributed by atoms with E-state index in [1.165, 1.54) is 6.07 Å². The first-order valence-electron chi connectivity index (χ1n) is 7.09. The molecule has 3 rings (SSSR count). The van der Waals surface area contributed by atoms with Crippen molar-refractivity contribution in [2.75, 3.05) is 6.61 Å². The minimum absolute atomic E-state index is 0.0264. The number of benzene rings is 2. The first-order valence-corrected chi connectivity index (χ1v) is 7.47. The number of amides is 1. The average Bonchev–Trinajstić information content (AvgIpc) is 3.25. The summed E-state index contributed by atoms with van der Waals surface area (Å²) in [6.45, 7) is -0.115. The van der Waals surface area contributed by atoms with Crippen LogP contribution < -0.4 is 10.1 Å². The van der Waals surface area contributed by atoms with Crippen molar-refractivity contribution in [1.82, 2.24) is 5.32 Å². The summed E-state index contributed by atoms with van der Waals surface area (Å²) in [5, 5.41) is 13.2. The van der Waals surface area contributed by atoms with Crippen LogP contribution >= 0.6 is 11.6 Å².